The minimum atomic E-state index is -0.375. The van der Waals surface area contributed by atoms with E-state index in [9.17, 15) is 9.59 Å². The van der Waals surface area contributed by atoms with E-state index in [4.69, 9.17) is 4.52 Å². The van der Waals surface area contributed by atoms with Gasteiger partial charge in [-0.25, -0.2) is 0 Å². The molecule has 160 valence electrons. The fraction of sp³-hybridized carbons (Fsp3) is 0.348. The summed E-state index contributed by atoms with van der Waals surface area (Å²) in [4.78, 5) is 36.0. The third-order valence-corrected chi connectivity index (χ3v) is 5.67. The molecule has 1 saturated heterocycles. The number of carbonyl (C=O) groups is 2. The summed E-state index contributed by atoms with van der Waals surface area (Å²) in [6.07, 6.45) is 6.11. The molecule has 1 aliphatic heterocycles. The van der Waals surface area contributed by atoms with Crippen molar-refractivity contribution in [2.24, 2.45) is 5.92 Å². The topological polar surface area (TPSA) is 101 Å². The highest BCUT2D eigenvalue weighted by Crippen LogP contribution is 2.25. The molecule has 1 N–H and O–H groups in total. The van der Waals surface area contributed by atoms with E-state index in [0.717, 1.165) is 11.1 Å². The summed E-state index contributed by atoms with van der Waals surface area (Å²) in [5, 5.41) is 6.97. The zero-order valence-electron chi connectivity index (χ0n) is 17.6. The van der Waals surface area contributed by atoms with Gasteiger partial charge in [0, 0.05) is 37.5 Å². The molecule has 1 aliphatic rings. The van der Waals surface area contributed by atoms with E-state index in [1.54, 1.807) is 36.5 Å². The quantitative estimate of drug-likeness (QED) is 0.682. The van der Waals surface area contributed by atoms with Crippen LogP contribution >= 0.6 is 0 Å². The van der Waals surface area contributed by atoms with E-state index >= 15 is 0 Å². The van der Waals surface area contributed by atoms with Crippen LogP contribution in [0.2, 0.25) is 0 Å². The second-order valence-corrected chi connectivity index (χ2v) is 7.82. The van der Waals surface area contributed by atoms with Crippen LogP contribution in [-0.4, -0.2) is 44.9 Å². The lowest BCUT2D eigenvalue weighted by molar-refractivity contribution is -0.126. The summed E-state index contributed by atoms with van der Waals surface area (Å²) >= 11 is 0. The number of benzene rings is 1. The number of aryl methyl sites for hydroxylation is 2. The number of hydrogen-bond donors (Lipinski definition) is 1. The molecule has 3 heterocycles. The Hall–Kier alpha value is -3.55. The van der Waals surface area contributed by atoms with Crippen molar-refractivity contribution < 1.29 is 14.1 Å². The van der Waals surface area contributed by atoms with E-state index in [1.165, 1.54) is 0 Å². The number of hydrogen-bond acceptors (Lipinski definition) is 6. The van der Waals surface area contributed by atoms with Crippen molar-refractivity contribution in [3.05, 3.63) is 77.2 Å². The largest absolute Gasteiger partial charge is 0.361 e. The van der Waals surface area contributed by atoms with E-state index in [1.807, 2.05) is 31.2 Å². The van der Waals surface area contributed by atoms with Gasteiger partial charge in [0.25, 0.3) is 5.91 Å². The Balaban J connectivity index is 1.44. The molecule has 2 aromatic heterocycles. The second-order valence-electron chi connectivity index (χ2n) is 7.82. The number of likely N-dealkylation sites (tertiary alicyclic amines) is 1. The molecule has 4 rings (SSSR count). The van der Waals surface area contributed by atoms with E-state index in [0.29, 0.717) is 43.1 Å². The van der Waals surface area contributed by atoms with E-state index < -0.39 is 0 Å². The fourth-order valence-electron chi connectivity index (χ4n) is 3.92. The molecule has 0 saturated carbocycles. The standard InChI is InChI=1S/C23H25N5O3/c1-15-5-3-4-6-18(15)21(20-14-24-9-10-25-20)26-22(29)17-7-11-28(12-8-17)23(30)19-13-16(2)31-27-19/h3-6,9-10,13-14,17,21H,7-8,11-12H2,1-2H3,(H,26,29). The second kappa shape index (κ2) is 9.07. The van der Waals surface area contributed by atoms with Crippen LogP contribution in [0.15, 0.2) is 53.4 Å². The number of nitrogens with one attached hydrogen (secondary N) is 1. The van der Waals surface area contributed by atoms with Crippen molar-refractivity contribution in [3.63, 3.8) is 0 Å². The molecule has 1 aromatic carbocycles. The predicted molar refractivity (Wildman–Crippen MR) is 113 cm³/mol. The van der Waals surface area contributed by atoms with Gasteiger partial charge >= 0.3 is 0 Å². The van der Waals surface area contributed by atoms with Crippen LogP contribution in [0, 0.1) is 19.8 Å². The summed E-state index contributed by atoms with van der Waals surface area (Å²) in [6, 6.07) is 9.19. The zero-order chi connectivity index (χ0) is 21.8. The molecule has 8 heteroatoms. The van der Waals surface area contributed by atoms with Gasteiger partial charge < -0.3 is 14.7 Å². The van der Waals surface area contributed by atoms with Gasteiger partial charge in [0.05, 0.1) is 17.9 Å². The first-order valence-corrected chi connectivity index (χ1v) is 10.4. The number of rotatable bonds is 5. The number of aromatic nitrogens is 3. The highest BCUT2D eigenvalue weighted by atomic mass is 16.5. The van der Waals surface area contributed by atoms with Crippen molar-refractivity contribution in [1.82, 2.24) is 25.3 Å². The zero-order valence-corrected chi connectivity index (χ0v) is 17.6. The first kappa shape index (κ1) is 20.7. The average Bonchev–Trinajstić information content (AvgIpc) is 3.24. The highest BCUT2D eigenvalue weighted by Gasteiger charge is 2.31. The predicted octanol–water partition coefficient (Wildman–Crippen LogP) is 2.84. The number of piperidine rings is 1. The van der Waals surface area contributed by atoms with Gasteiger partial charge in [-0.05, 0) is 37.8 Å². The Kier molecular flexibility index (Phi) is 6.06. The third-order valence-electron chi connectivity index (χ3n) is 5.67. The maximum absolute atomic E-state index is 13.1. The molecule has 2 amide bonds. The number of amides is 2. The van der Waals surface area contributed by atoms with Gasteiger partial charge in [0.1, 0.15) is 5.76 Å². The summed E-state index contributed by atoms with van der Waals surface area (Å²) in [5.74, 6) is 0.228. The van der Waals surface area contributed by atoms with Gasteiger partial charge in [-0.15, -0.1) is 0 Å². The number of carbonyl (C=O) groups excluding carboxylic acids is 2. The Morgan fingerprint density at radius 1 is 1.16 bits per heavy atom. The van der Waals surface area contributed by atoms with Crippen LogP contribution in [0.25, 0.3) is 0 Å². The summed E-state index contributed by atoms with van der Waals surface area (Å²) in [7, 11) is 0. The van der Waals surface area contributed by atoms with Gasteiger partial charge in [-0.1, -0.05) is 29.4 Å². The maximum Gasteiger partial charge on any atom is 0.276 e. The van der Waals surface area contributed by atoms with E-state index in [2.05, 4.69) is 20.4 Å². The molecular weight excluding hydrogens is 394 g/mol. The van der Waals surface area contributed by atoms with Crippen LogP contribution in [0.4, 0.5) is 0 Å². The molecule has 0 spiro atoms. The summed E-state index contributed by atoms with van der Waals surface area (Å²) in [5.41, 5.74) is 3.06. The fourth-order valence-corrected chi connectivity index (χ4v) is 3.92. The Morgan fingerprint density at radius 3 is 2.58 bits per heavy atom. The molecular formula is C23H25N5O3. The van der Waals surface area contributed by atoms with Crippen LogP contribution in [0.1, 0.15) is 52.0 Å². The molecule has 1 fully saturated rings. The number of nitrogens with zero attached hydrogens (tertiary/aromatic N) is 4. The van der Waals surface area contributed by atoms with Crippen molar-refractivity contribution in [1.29, 1.82) is 0 Å². The van der Waals surface area contributed by atoms with Crippen LogP contribution in [0.3, 0.4) is 0 Å². The third kappa shape index (κ3) is 4.63. The van der Waals surface area contributed by atoms with Crippen molar-refractivity contribution in [3.8, 4) is 0 Å². The summed E-state index contributed by atoms with van der Waals surface area (Å²) in [6.45, 7) is 4.77. The molecule has 3 aromatic rings. The lowest BCUT2D eigenvalue weighted by Crippen LogP contribution is -2.44. The Labute approximate surface area is 180 Å². The van der Waals surface area contributed by atoms with E-state index in [-0.39, 0.29) is 23.8 Å². The lowest BCUT2D eigenvalue weighted by Gasteiger charge is -2.32. The van der Waals surface area contributed by atoms with Crippen molar-refractivity contribution >= 4 is 11.8 Å². The first-order chi connectivity index (χ1) is 15.0. The average molecular weight is 419 g/mol. The molecule has 8 nitrogen and oxygen atoms in total. The first-order valence-electron chi connectivity index (χ1n) is 10.4. The molecule has 1 atom stereocenters. The highest BCUT2D eigenvalue weighted by molar-refractivity contribution is 5.92. The van der Waals surface area contributed by atoms with Gasteiger partial charge in [0.2, 0.25) is 5.91 Å². The smallest absolute Gasteiger partial charge is 0.276 e. The lowest BCUT2D eigenvalue weighted by atomic mass is 9.93. The molecule has 0 bridgehead atoms. The molecule has 0 aliphatic carbocycles. The summed E-state index contributed by atoms with van der Waals surface area (Å²) < 4.78 is 5.00. The monoisotopic (exact) mass is 419 g/mol. The van der Waals surface area contributed by atoms with Crippen molar-refractivity contribution in [2.45, 2.75) is 32.7 Å². The van der Waals surface area contributed by atoms with Gasteiger partial charge in [-0.3, -0.25) is 19.6 Å². The SMILES string of the molecule is Cc1cc(C(=O)N2CCC(C(=O)NC(c3cnccn3)c3ccccc3C)CC2)no1. The van der Waals surface area contributed by atoms with Crippen molar-refractivity contribution in [2.75, 3.05) is 13.1 Å². The minimum Gasteiger partial charge on any atom is -0.361 e. The van der Waals surface area contributed by atoms with Crippen LogP contribution in [0.5, 0.6) is 0 Å². The minimum absolute atomic E-state index is 0.0386. The van der Waals surface area contributed by atoms with Crippen LogP contribution in [-0.2, 0) is 4.79 Å². The Morgan fingerprint density at radius 2 is 1.94 bits per heavy atom. The maximum atomic E-state index is 13.1. The van der Waals surface area contributed by atoms with Crippen LogP contribution < -0.4 is 5.32 Å². The molecule has 1 unspecified atom stereocenters. The molecule has 31 heavy (non-hydrogen) atoms. The Bertz CT molecular complexity index is 1060. The van der Waals surface area contributed by atoms with Gasteiger partial charge in [-0.2, -0.15) is 0 Å². The normalized spacial score (nSPS) is 15.5. The molecule has 0 radical (unpaired) electrons. The van der Waals surface area contributed by atoms with Gasteiger partial charge in [0.15, 0.2) is 5.69 Å².